The molecular weight excluding hydrogens is 292 g/mol. The van der Waals surface area contributed by atoms with Crippen molar-refractivity contribution >= 4 is 5.96 Å². The third-order valence-corrected chi connectivity index (χ3v) is 4.72. The fourth-order valence-electron chi connectivity index (χ4n) is 2.94. The van der Waals surface area contributed by atoms with Crippen molar-refractivity contribution in [3.05, 3.63) is 23.7 Å². The van der Waals surface area contributed by atoms with Crippen LogP contribution in [0.1, 0.15) is 37.3 Å². The number of guanidine groups is 1. The molecule has 1 aliphatic rings. The second kappa shape index (κ2) is 7.84. The normalized spacial score (nSPS) is 19.7. The van der Waals surface area contributed by atoms with Crippen LogP contribution in [0.2, 0.25) is 0 Å². The first-order chi connectivity index (χ1) is 11.0. The lowest BCUT2D eigenvalue weighted by atomic mass is 9.88. The lowest BCUT2D eigenvalue weighted by Crippen LogP contribution is -2.57. The predicted octanol–water partition coefficient (Wildman–Crippen LogP) is 1.92. The quantitative estimate of drug-likeness (QED) is 0.641. The van der Waals surface area contributed by atoms with Gasteiger partial charge in [-0.05, 0) is 52.9 Å². The molecule has 2 heterocycles. The van der Waals surface area contributed by atoms with Crippen LogP contribution in [0, 0.1) is 6.92 Å². The molecule has 130 valence electrons. The molecule has 0 aromatic carbocycles. The van der Waals surface area contributed by atoms with Crippen LogP contribution < -0.4 is 10.6 Å². The summed E-state index contributed by atoms with van der Waals surface area (Å²) in [6.07, 6.45) is 2.05. The van der Waals surface area contributed by atoms with Gasteiger partial charge in [0, 0.05) is 32.3 Å². The van der Waals surface area contributed by atoms with E-state index in [0.717, 1.165) is 50.1 Å². The third-order valence-electron chi connectivity index (χ3n) is 4.72. The van der Waals surface area contributed by atoms with Crippen molar-refractivity contribution in [3.63, 3.8) is 0 Å². The molecule has 2 N–H and O–H groups in total. The Morgan fingerprint density at radius 1 is 1.35 bits per heavy atom. The zero-order valence-electron chi connectivity index (χ0n) is 15.0. The minimum absolute atomic E-state index is 0.0693. The Kier molecular flexibility index (Phi) is 6.07. The molecule has 2 rings (SSSR count). The fraction of sp³-hybridized carbons (Fsp3) is 0.706. The third kappa shape index (κ3) is 4.48. The van der Waals surface area contributed by atoms with Crippen LogP contribution in [0.15, 0.2) is 21.5 Å². The van der Waals surface area contributed by atoms with Crippen molar-refractivity contribution in [2.45, 2.75) is 38.3 Å². The molecule has 23 heavy (non-hydrogen) atoms. The standard InChI is InChI=1S/C17H30N4O2/c1-13-6-7-15(23-13)14(2)20-16(18-3)19-12-17(21(4)5)8-10-22-11-9-17/h6-7,14H,8-12H2,1-5H3,(H2,18,19,20). The van der Waals surface area contributed by atoms with Crippen LogP contribution in [0.5, 0.6) is 0 Å². The van der Waals surface area contributed by atoms with Crippen molar-refractivity contribution in [1.82, 2.24) is 15.5 Å². The van der Waals surface area contributed by atoms with Gasteiger partial charge in [-0.25, -0.2) is 0 Å². The van der Waals surface area contributed by atoms with Crippen LogP contribution in [0.3, 0.4) is 0 Å². The highest BCUT2D eigenvalue weighted by Gasteiger charge is 2.34. The molecule has 1 aromatic rings. The van der Waals surface area contributed by atoms with Crippen molar-refractivity contribution in [3.8, 4) is 0 Å². The Bertz CT molecular complexity index is 518. The predicted molar refractivity (Wildman–Crippen MR) is 92.8 cm³/mol. The van der Waals surface area contributed by atoms with Gasteiger partial charge >= 0.3 is 0 Å². The number of nitrogens with one attached hydrogen (secondary N) is 2. The highest BCUT2D eigenvalue weighted by atomic mass is 16.5. The number of rotatable bonds is 5. The van der Waals surface area contributed by atoms with Gasteiger partial charge < -0.3 is 24.7 Å². The van der Waals surface area contributed by atoms with Gasteiger partial charge in [-0.3, -0.25) is 4.99 Å². The molecule has 1 unspecified atom stereocenters. The van der Waals surface area contributed by atoms with Gasteiger partial charge in [0.05, 0.1) is 6.04 Å². The molecule has 0 radical (unpaired) electrons. The largest absolute Gasteiger partial charge is 0.464 e. The second-order valence-corrected chi connectivity index (χ2v) is 6.47. The van der Waals surface area contributed by atoms with E-state index in [1.54, 1.807) is 7.05 Å². The van der Waals surface area contributed by atoms with Crippen molar-refractivity contribution in [2.75, 3.05) is 40.9 Å². The minimum Gasteiger partial charge on any atom is -0.464 e. The van der Waals surface area contributed by atoms with Gasteiger partial charge in [-0.1, -0.05) is 0 Å². The van der Waals surface area contributed by atoms with E-state index in [1.165, 1.54) is 0 Å². The van der Waals surface area contributed by atoms with E-state index < -0.39 is 0 Å². The Hall–Kier alpha value is -1.53. The summed E-state index contributed by atoms with van der Waals surface area (Å²) in [5.41, 5.74) is 0.111. The van der Waals surface area contributed by atoms with Gasteiger partial charge in [0.1, 0.15) is 11.5 Å². The number of hydrogen-bond acceptors (Lipinski definition) is 4. The smallest absolute Gasteiger partial charge is 0.191 e. The summed E-state index contributed by atoms with van der Waals surface area (Å²) in [6, 6.07) is 4.05. The molecule has 0 spiro atoms. The lowest BCUT2D eigenvalue weighted by molar-refractivity contribution is -0.00503. The van der Waals surface area contributed by atoms with E-state index in [2.05, 4.69) is 41.5 Å². The Morgan fingerprint density at radius 3 is 2.57 bits per heavy atom. The second-order valence-electron chi connectivity index (χ2n) is 6.47. The molecule has 0 amide bonds. The molecule has 1 atom stereocenters. The van der Waals surface area contributed by atoms with Gasteiger partial charge in [-0.15, -0.1) is 0 Å². The van der Waals surface area contributed by atoms with Gasteiger partial charge in [0.2, 0.25) is 0 Å². The van der Waals surface area contributed by atoms with E-state index in [4.69, 9.17) is 9.15 Å². The van der Waals surface area contributed by atoms with E-state index in [-0.39, 0.29) is 11.6 Å². The summed E-state index contributed by atoms with van der Waals surface area (Å²) in [5.74, 6) is 2.63. The van der Waals surface area contributed by atoms with Crippen LogP contribution in [-0.4, -0.2) is 57.3 Å². The summed E-state index contributed by atoms with van der Waals surface area (Å²) in [5, 5.41) is 6.86. The van der Waals surface area contributed by atoms with E-state index >= 15 is 0 Å². The van der Waals surface area contributed by atoms with Crippen molar-refractivity contribution < 1.29 is 9.15 Å². The molecule has 0 saturated carbocycles. The molecule has 6 heteroatoms. The number of nitrogens with zero attached hydrogens (tertiary/aromatic N) is 2. The topological polar surface area (TPSA) is 62.0 Å². The maximum Gasteiger partial charge on any atom is 0.191 e. The number of hydrogen-bond donors (Lipinski definition) is 2. The molecule has 0 bridgehead atoms. The Morgan fingerprint density at radius 2 is 2.04 bits per heavy atom. The number of ether oxygens (including phenoxy) is 1. The highest BCUT2D eigenvalue weighted by Crippen LogP contribution is 2.25. The average Bonchev–Trinajstić information content (AvgIpc) is 2.98. The first-order valence-corrected chi connectivity index (χ1v) is 8.25. The molecule has 1 aromatic heterocycles. The molecule has 6 nitrogen and oxygen atoms in total. The number of likely N-dealkylation sites (N-methyl/N-ethyl adjacent to an activating group) is 1. The Labute approximate surface area is 139 Å². The van der Waals surface area contributed by atoms with Crippen molar-refractivity contribution in [1.29, 1.82) is 0 Å². The maximum atomic E-state index is 5.67. The van der Waals surface area contributed by atoms with Crippen LogP contribution in [0.25, 0.3) is 0 Å². The summed E-state index contributed by atoms with van der Waals surface area (Å²) < 4.78 is 11.2. The first-order valence-electron chi connectivity index (χ1n) is 8.25. The van der Waals surface area contributed by atoms with Gasteiger partial charge in [0.25, 0.3) is 0 Å². The zero-order chi connectivity index (χ0) is 16.9. The summed E-state index contributed by atoms with van der Waals surface area (Å²) >= 11 is 0. The van der Waals surface area contributed by atoms with E-state index in [0.29, 0.717) is 0 Å². The summed E-state index contributed by atoms with van der Waals surface area (Å²) in [7, 11) is 6.07. The molecule has 1 fully saturated rings. The monoisotopic (exact) mass is 322 g/mol. The van der Waals surface area contributed by atoms with Crippen LogP contribution in [-0.2, 0) is 4.74 Å². The van der Waals surface area contributed by atoms with Crippen LogP contribution in [0.4, 0.5) is 0 Å². The van der Waals surface area contributed by atoms with Crippen LogP contribution >= 0.6 is 0 Å². The highest BCUT2D eigenvalue weighted by molar-refractivity contribution is 5.80. The zero-order valence-corrected chi connectivity index (χ0v) is 15.0. The van der Waals surface area contributed by atoms with Crippen molar-refractivity contribution in [2.24, 2.45) is 4.99 Å². The lowest BCUT2D eigenvalue weighted by Gasteiger charge is -2.43. The van der Waals surface area contributed by atoms with Gasteiger partial charge in [0.15, 0.2) is 5.96 Å². The fourth-order valence-corrected chi connectivity index (χ4v) is 2.94. The first kappa shape index (κ1) is 17.8. The number of furan rings is 1. The molecular formula is C17H30N4O2. The number of aliphatic imine (C=N–C) groups is 1. The summed E-state index contributed by atoms with van der Waals surface area (Å²) in [4.78, 5) is 6.64. The van der Waals surface area contributed by atoms with E-state index in [1.807, 2.05) is 19.1 Å². The average molecular weight is 322 g/mol. The summed E-state index contributed by atoms with van der Waals surface area (Å²) in [6.45, 7) is 6.49. The number of aryl methyl sites for hydroxylation is 1. The van der Waals surface area contributed by atoms with Gasteiger partial charge in [-0.2, -0.15) is 0 Å². The molecule has 0 aliphatic carbocycles. The minimum atomic E-state index is 0.0693. The Balaban J connectivity index is 1.94. The SMILES string of the molecule is CN=C(NCC1(N(C)C)CCOCC1)NC(C)c1ccc(C)o1. The maximum absolute atomic E-state index is 5.67. The molecule has 1 aliphatic heterocycles. The van der Waals surface area contributed by atoms with E-state index in [9.17, 15) is 0 Å². The molecule has 1 saturated heterocycles.